The van der Waals surface area contributed by atoms with Gasteiger partial charge in [-0.05, 0) is 45.8 Å². The van der Waals surface area contributed by atoms with Crippen LogP contribution in [0.1, 0.15) is 31.2 Å². The summed E-state index contributed by atoms with van der Waals surface area (Å²) in [6, 6.07) is 1.98. The van der Waals surface area contributed by atoms with E-state index in [-0.39, 0.29) is 5.25 Å². The van der Waals surface area contributed by atoms with Crippen molar-refractivity contribution in [1.29, 1.82) is 0 Å². The topological polar surface area (TPSA) is 37.4 Å². The highest BCUT2D eigenvalue weighted by atomic mass is 79.9. The fraction of sp³-hybridized carbons (Fsp3) is 0.636. The van der Waals surface area contributed by atoms with E-state index in [1.54, 1.807) is 18.4 Å². The Labute approximate surface area is 115 Å². The number of halogens is 1. The molecule has 17 heavy (non-hydrogen) atoms. The average molecular weight is 338 g/mol. The summed E-state index contributed by atoms with van der Waals surface area (Å²) < 4.78 is 27.1. The van der Waals surface area contributed by atoms with Crippen LogP contribution < -0.4 is 0 Å². The number of rotatable bonds is 4. The molecule has 0 spiro atoms. The number of sulfonamides is 1. The first-order chi connectivity index (χ1) is 8.00. The van der Waals surface area contributed by atoms with Crippen molar-refractivity contribution in [2.24, 2.45) is 0 Å². The number of thiophene rings is 1. The fourth-order valence-corrected chi connectivity index (χ4v) is 5.18. The van der Waals surface area contributed by atoms with Crippen LogP contribution in [0, 0.1) is 0 Å². The summed E-state index contributed by atoms with van der Waals surface area (Å²) in [5.41, 5.74) is 1.05. The Hall–Kier alpha value is 0.0900. The average Bonchev–Trinajstić information content (AvgIpc) is 2.89. The minimum Gasteiger partial charge on any atom is -0.212 e. The van der Waals surface area contributed by atoms with Gasteiger partial charge in [-0.15, -0.1) is 11.3 Å². The molecule has 0 atom stereocenters. The zero-order valence-electron chi connectivity index (χ0n) is 9.73. The molecule has 0 saturated heterocycles. The van der Waals surface area contributed by atoms with Crippen LogP contribution in [0.4, 0.5) is 0 Å². The third kappa shape index (κ3) is 3.10. The molecular formula is C11H16BrNO2S2. The Morgan fingerprint density at radius 2 is 2.12 bits per heavy atom. The molecule has 2 rings (SSSR count). The van der Waals surface area contributed by atoms with E-state index < -0.39 is 10.0 Å². The smallest absolute Gasteiger partial charge is 0.212 e. The lowest BCUT2D eigenvalue weighted by Crippen LogP contribution is -2.34. The van der Waals surface area contributed by atoms with Crippen LogP contribution in [0.15, 0.2) is 15.2 Å². The van der Waals surface area contributed by atoms with E-state index in [1.165, 1.54) is 4.31 Å². The van der Waals surface area contributed by atoms with Gasteiger partial charge in [0.25, 0.3) is 0 Å². The van der Waals surface area contributed by atoms with Crippen LogP contribution >= 0.6 is 27.3 Å². The van der Waals surface area contributed by atoms with Crippen LogP contribution in [-0.4, -0.2) is 25.0 Å². The number of nitrogens with zero attached hydrogens (tertiary/aromatic N) is 1. The van der Waals surface area contributed by atoms with Crippen molar-refractivity contribution in [2.45, 2.75) is 37.5 Å². The second kappa shape index (κ2) is 5.38. The van der Waals surface area contributed by atoms with Gasteiger partial charge < -0.3 is 0 Å². The largest absolute Gasteiger partial charge is 0.217 e. The molecule has 0 amide bonds. The molecule has 0 N–H and O–H groups in total. The molecule has 96 valence electrons. The molecule has 1 aromatic rings. The van der Waals surface area contributed by atoms with Gasteiger partial charge in [-0.2, -0.15) is 0 Å². The lowest BCUT2D eigenvalue weighted by Gasteiger charge is -2.20. The van der Waals surface area contributed by atoms with Gasteiger partial charge in [0.1, 0.15) is 0 Å². The highest BCUT2D eigenvalue weighted by Crippen LogP contribution is 2.28. The van der Waals surface area contributed by atoms with Gasteiger partial charge in [-0.1, -0.05) is 12.8 Å². The Morgan fingerprint density at radius 1 is 1.47 bits per heavy atom. The monoisotopic (exact) mass is 337 g/mol. The fourth-order valence-electron chi connectivity index (χ4n) is 2.22. The predicted octanol–water partition coefficient (Wildman–Crippen LogP) is 3.21. The summed E-state index contributed by atoms with van der Waals surface area (Å²) in [4.78, 5) is 0. The Kier molecular flexibility index (Phi) is 4.28. The molecule has 0 radical (unpaired) electrons. The van der Waals surface area contributed by atoms with E-state index in [2.05, 4.69) is 15.9 Å². The molecule has 0 aromatic carbocycles. The van der Waals surface area contributed by atoms with Crippen molar-refractivity contribution in [3.63, 3.8) is 0 Å². The quantitative estimate of drug-likeness (QED) is 0.845. The second-order valence-corrected chi connectivity index (χ2v) is 9.08. The van der Waals surface area contributed by atoms with Crippen molar-refractivity contribution < 1.29 is 8.42 Å². The Morgan fingerprint density at radius 3 is 2.65 bits per heavy atom. The van der Waals surface area contributed by atoms with Gasteiger partial charge in [0, 0.05) is 13.6 Å². The van der Waals surface area contributed by atoms with Gasteiger partial charge in [-0.25, -0.2) is 12.7 Å². The zero-order chi connectivity index (χ0) is 12.5. The molecule has 0 aliphatic heterocycles. The van der Waals surface area contributed by atoms with Crippen LogP contribution in [0.25, 0.3) is 0 Å². The van der Waals surface area contributed by atoms with E-state index in [0.717, 1.165) is 35.0 Å². The van der Waals surface area contributed by atoms with Crippen molar-refractivity contribution in [2.75, 3.05) is 7.05 Å². The molecule has 1 heterocycles. The van der Waals surface area contributed by atoms with E-state index in [0.29, 0.717) is 6.54 Å². The maximum atomic E-state index is 12.3. The Bertz CT molecular complexity index is 477. The first-order valence-corrected chi connectivity index (χ1v) is 8.86. The summed E-state index contributed by atoms with van der Waals surface area (Å²) in [5.74, 6) is 0. The molecule has 0 unspecified atom stereocenters. The van der Waals surface area contributed by atoms with Crippen molar-refractivity contribution >= 4 is 37.3 Å². The molecule has 1 aliphatic carbocycles. The summed E-state index contributed by atoms with van der Waals surface area (Å²) in [7, 11) is -1.43. The van der Waals surface area contributed by atoms with E-state index in [4.69, 9.17) is 0 Å². The van der Waals surface area contributed by atoms with Crippen molar-refractivity contribution in [1.82, 2.24) is 4.31 Å². The third-order valence-corrected chi connectivity index (χ3v) is 7.05. The van der Waals surface area contributed by atoms with Crippen LogP contribution in [0.5, 0.6) is 0 Å². The van der Waals surface area contributed by atoms with Gasteiger partial charge in [-0.3, -0.25) is 0 Å². The lowest BCUT2D eigenvalue weighted by molar-refractivity contribution is 0.455. The number of hydrogen-bond acceptors (Lipinski definition) is 3. The SMILES string of the molecule is CN(Cc1csc(Br)c1)S(=O)(=O)C1CCCC1. The van der Waals surface area contributed by atoms with Crippen molar-refractivity contribution in [3.8, 4) is 0 Å². The standard InChI is InChI=1S/C11H16BrNO2S2/c1-13(7-9-6-11(12)16-8-9)17(14,15)10-4-2-3-5-10/h6,8,10H,2-5,7H2,1H3. The molecule has 1 saturated carbocycles. The first-order valence-electron chi connectivity index (χ1n) is 5.68. The van der Waals surface area contributed by atoms with Crippen LogP contribution in [0.2, 0.25) is 0 Å². The second-order valence-electron chi connectivity index (χ2n) is 4.47. The summed E-state index contributed by atoms with van der Waals surface area (Å²) in [6.07, 6.45) is 3.73. The predicted molar refractivity (Wildman–Crippen MR) is 74.7 cm³/mol. The highest BCUT2D eigenvalue weighted by molar-refractivity contribution is 9.11. The summed E-state index contributed by atoms with van der Waals surface area (Å²) >= 11 is 4.97. The lowest BCUT2D eigenvalue weighted by atomic mass is 10.3. The van der Waals surface area contributed by atoms with Crippen LogP contribution in [-0.2, 0) is 16.6 Å². The zero-order valence-corrected chi connectivity index (χ0v) is 12.9. The molecular weight excluding hydrogens is 322 g/mol. The van der Waals surface area contributed by atoms with E-state index in [1.807, 2.05) is 11.4 Å². The first kappa shape index (κ1) is 13.5. The number of hydrogen-bond donors (Lipinski definition) is 0. The molecule has 1 aromatic heterocycles. The molecule has 1 aliphatic rings. The molecule has 6 heteroatoms. The van der Waals surface area contributed by atoms with Gasteiger partial charge in [0.2, 0.25) is 10.0 Å². The molecule has 3 nitrogen and oxygen atoms in total. The Balaban J connectivity index is 2.06. The normalized spacial score (nSPS) is 18.1. The van der Waals surface area contributed by atoms with Gasteiger partial charge in [0.05, 0.1) is 9.04 Å². The van der Waals surface area contributed by atoms with Crippen LogP contribution in [0.3, 0.4) is 0 Å². The minimum atomic E-state index is -3.10. The highest BCUT2D eigenvalue weighted by Gasteiger charge is 2.32. The van der Waals surface area contributed by atoms with E-state index in [9.17, 15) is 8.42 Å². The van der Waals surface area contributed by atoms with E-state index >= 15 is 0 Å². The molecule has 1 fully saturated rings. The maximum absolute atomic E-state index is 12.3. The molecule has 0 bridgehead atoms. The summed E-state index contributed by atoms with van der Waals surface area (Å²) in [5, 5.41) is 1.83. The van der Waals surface area contributed by atoms with Gasteiger partial charge >= 0.3 is 0 Å². The van der Waals surface area contributed by atoms with Gasteiger partial charge in [0.15, 0.2) is 0 Å². The summed E-state index contributed by atoms with van der Waals surface area (Å²) in [6.45, 7) is 0.473. The third-order valence-electron chi connectivity index (χ3n) is 3.18. The minimum absolute atomic E-state index is 0.158. The van der Waals surface area contributed by atoms with Crippen molar-refractivity contribution in [3.05, 3.63) is 20.8 Å². The maximum Gasteiger partial charge on any atom is 0.217 e.